The fourth-order valence-corrected chi connectivity index (χ4v) is 2.95. The van der Waals surface area contributed by atoms with Crippen molar-refractivity contribution in [3.63, 3.8) is 0 Å². The standard InChI is InChI=1S/C20H25N5O2/c1-12(2)27-17-8-6-7-15(9-17)13(3)22-20(26)23-16-10-18-14(4)24-25(5)19(18)21-11-16/h6-13H,1-5H3,(H2,22,23,26). The molecule has 1 unspecified atom stereocenters. The summed E-state index contributed by atoms with van der Waals surface area (Å²) in [5.74, 6) is 0.790. The van der Waals surface area contributed by atoms with Crippen LogP contribution in [0.15, 0.2) is 36.5 Å². The van der Waals surface area contributed by atoms with Crippen LogP contribution in [0.2, 0.25) is 0 Å². The van der Waals surface area contributed by atoms with E-state index in [2.05, 4.69) is 20.7 Å². The van der Waals surface area contributed by atoms with Gasteiger partial charge in [0.05, 0.1) is 29.7 Å². The van der Waals surface area contributed by atoms with Gasteiger partial charge in [0, 0.05) is 12.4 Å². The van der Waals surface area contributed by atoms with Gasteiger partial charge >= 0.3 is 6.03 Å². The van der Waals surface area contributed by atoms with Crippen molar-refractivity contribution in [1.82, 2.24) is 20.1 Å². The van der Waals surface area contributed by atoms with Crippen LogP contribution >= 0.6 is 0 Å². The molecule has 2 N–H and O–H groups in total. The predicted molar refractivity (Wildman–Crippen MR) is 106 cm³/mol. The summed E-state index contributed by atoms with van der Waals surface area (Å²) in [5.41, 5.74) is 3.26. The van der Waals surface area contributed by atoms with E-state index in [4.69, 9.17) is 4.74 Å². The van der Waals surface area contributed by atoms with Gasteiger partial charge in [0.2, 0.25) is 0 Å². The largest absolute Gasteiger partial charge is 0.491 e. The molecule has 0 radical (unpaired) electrons. The third-order valence-electron chi connectivity index (χ3n) is 4.20. The van der Waals surface area contributed by atoms with Crippen LogP contribution in [0, 0.1) is 6.92 Å². The number of carbonyl (C=O) groups is 1. The maximum atomic E-state index is 12.4. The Morgan fingerprint density at radius 1 is 1.22 bits per heavy atom. The van der Waals surface area contributed by atoms with E-state index in [9.17, 15) is 4.79 Å². The lowest BCUT2D eigenvalue weighted by molar-refractivity contribution is 0.241. The molecule has 0 saturated carbocycles. The van der Waals surface area contributed by atoms with Gasteiger partial charge in [-0.3, -0.25) is 4.68 Å². The van der Waals surface area contributed by atoms with Gasteiger partial charge in [-0.25, -0.2) is 9.78 Å². The zero-order valence-electron chi connectivity index (χ0n) is 16.3. The molecule has 0 spiro atoms. The van der Waals surface area contributed by atoms with Crippen molar-refractivity contribution in [2.75, 3.05) is 5.32 Å². The highest BCUT2D eigenvalue weighted by molar-refractivity contribution is 5.92. The Balaban J connectivity index is 1.67. The highest BCUT2D eigenvalue weighted by Gasteiger charge is 2.12. The predicted octanol–water partition coefficient (Wildman–Crippen LogP) is 3.95. The van der Waals surface area contributed by atoms with E-state index in [-0.39, 0.29) is 18.2 Å². The molecule has 7 heteroatoms. The number of rotatable bonds is 5. The number of urea groups is 1. The summed E-state index contributed by atoms with van der Waals surface area (Å²) < 4.78 is 7.44. The lowest BCUT2D eigenvalue weighted by Gasteiger charge is -2.17. The first-order valence-electron chi connectivity index (χ1n) is 8.97. The minimum absolute atomic E-state index is 0.102. The molecule has 2 heterocycles. The number of hydrogen-bond donors (Lipinski definition) is 2. The van der Waals surface area contributed by atoms with E-state index in [0.29, 0.717) is 5.69 Å². The van der Waals surface area contributed by atoms with Crippen molar-refractivity contribution in [2.45, 2.75) is 39.8 Å². The fraction of sp³-hybridized carbons (Fsp3) is 0.350. The summed E-state index contributed by atoms with van der Waals surface area (Å²) in [7, 11) is 1.85. The minimum Gasteiger partial charge on any atom is -0.491 e. The molecule has 0 fully saturated rings. The Hall–Kier alpha value is -3.09. The van der Waals surface area contributed by atoms with Crippen LogP contribution < -0.4 is 15.4 Å². The maximum Gasteiger partial charge on any atom is 0.319 e. The summed E-state index contributed by atoms with van der Waals surface area (Å²) >= 11 is 0. The number of nitrogens with one attached hydrogen (secondary N) is 2. The topological polar surface area (TPSA) is 81.1 Å². The average Bonchev–Trinajstić information content (AvgIpc) is 2.88. The first-order chi connectivity index (χ1) is 12.8. The van der Waals surface area contributed by atoms with Gasteiger partial charge in [-0.1, -0.05) is 12.1 Å². The van der Waals surface area contributed by atoms with Crippen molar-refractivity contribution >= 4 is 22.8 Å². The van der Waals surface area contributed by atoms with Crippen molar-refractivity contribution in [3.8, 4) is 5.75 Å². The number of carbonyl (C=O) groups excluding carboxylic acids is 1. The second kappa shape index (κ2) is 7.65. The van der Waals surface area contributed by atoms with Crippen LogP contribution in [-0.2, 0) is 7.05 Å². The molecule has 7 nitrogen and oxygen atoms in total. The Morgan fingerprint density at radius 3 is 2.74 bits per heavy atom. The molecular formula is C20H25N5O2. The molecule has 1 aromatic carbocycles. The number of anilines is 1. The smallest absolute Gasteiger partial charge is 0.319 e. The molecular weight excluding hydrogens is 342 g/mol. The van der Waals surface area contributed by atoms with Crippen molar-refractivity contribution in [2.24, 2.45) is 7.05 Å². The van der Waals surface area contributed by atoms with Gasteiger partial charge in [-0.05, 0) is 51.5 Å². The second-order valence-electron chi connectivity index (χ2n) is 6.86. The summed E-state index contributed by atoms with van der Waals surface area (Å²) in [4.78, 5) is 16.8. The number of aryl methyl sites for hydroxylation is 2. The van der Waals surface area contributed by atoms with Gasteiger partial charge in [-0.15, -0.1) is 0 Å². The first kappa shape index (κ1) is 18.7. The Bertz CT molecular complexity index is 964. The zero-order chi connectivity index (χ0) is 19.6. The Kier molecular flexibility index (Phi) is 5.30. The Morgan fingerprint density at radius 2 is 2.00 bits per heavy atom. The normalized spacial score (nSPS) is 12.2. The summed E-state index contributed by atoms with van der Waals surface area (Å²) in [6, 6.07) is 9.16. The minimum atomic E-state index is -0.291. The molecule has 27 heavy (non-hydrogen) atoms. The lowest BCUT2D eigenvalue weighted by atomic mass is 10.1. The maximum absolute atomic E-state index is 12.4. The molecule has 0 aliphatic heterocycles. The van der Waals surface area contributed by atoms with Crippen LogP contribution in [0.3, 0.4) is 0 Å². The number of amides is 2. The second-order valence-corrected chi connectivity index (χ2v) is 6.86. The zero-order valence-corrected chi connectivity index (χ0v) is 16.3. The van der Waals surface area contributed by atoms with Crippen LogP contribution in [0.25, 0.3) is 11.0 Å². The van der Waals surface area contributed by atoms with Gasteiger partial charge in [-0.2, -0.15) is 5.10 Å². The number of fused-ring (bicyclic) bond motifs is 1. The van der Waals surface area contributed by atoms with E-state index in [0.717, 1.165) is 28.0 Å². The molecule has 1 atom stereocenters. The van der Waals surface area contributed by atoms with Crippen LogP contribution in [-0.4, -0.2) is 26.9 Å². The Labute approximate surface area is 158 Å². The van der Waals surface area contributed by atoms with E-state index in [1.807, 2.05) is 65.1 Å². The van der Waals surface area contributed by atoms with Gasteiger partial charge in [0.1, 0.15) is 5.75 Å². The van der Waals surface area contributed by atoms with E-state index >= 15 is 0 Å². The van der Waals surface area contributed by atoms with Gasteiger partial charge in [0.25, 0.3) is 0 Å². The van der Waals surface area contributed by atoms with Crippen LogP contribution in [0.4, 0.5) is 10.5 Å². The number of ether oxygens (including phenoxy) is 1. The highest BCUT2D eigenvalue weighted by Crippen LogP contribution is 2.21. The van der Waals surface area contributed by atoms with Crippen molar-refractivity contribution in [1.29, 1.82) is 0 Å². The van der Waals surface area contributed by atoms with Gasteiger partial charge in [0.15, 0.2) is 5.65 Å². The molecule has 3 aromatic rings. The molecule has 0 saturated heterocycles. The molecule has 3 rings (SSSR count). The summed E-state index contributed by atoms with van der Waals surface area (Å²) in [6.07, 6.45) is 1.73. The fourth-order valence-electron chi connectivity index (χ4n) is 2.95. The molecule has 0 aliphatic carbocycles. The number of pyridine rings is 1. The average molecular weight is 367 g/mol. The quantitative estimate of drug-likeness (QED) is 0.715. The lowest BCUT2D eigenvalue weighted by Crippen LogP contribution is -2.31. The molecule has 0 bridgehead atoms. The first-order valence-corrected chi connectivity index (χ1v) is 8.97. The van der Waals surface area contributed by atoms with Crippen LogP contribution in [0.1, 0.15) is 38.1 Å². The highest BCUT2D eigenvalue weighted by atomic mass is 16.5. The summed E-state index contributed by atoms with van der Waals surface area (Å²) in [5, 5.41) is 11.0. The van der Waals surface area contributed by atoms with E-state index in [1.165, 1.54) is 0 Å². The van der Waals surface area contributed by atoms with E-state index < -0.39 is 0 Å². The third-order valence-corrected chi connectivity index (χ3v) is 4.20. The van der Waals surface area contributed by atoms with Crippen LogP contribution in [0.5, 0.6) is 5.75 Å². The van der Waals surface area contributed by atoms with E-state index in [1.54, 1.807) is 10.9 Å². The monoisotopic (exact) mass is 367 g/mol. The summed E-state index contributed by atoms with van der Waals surface area (Å²) in [6.45, 7) is 7.82. The number of aromatic nitrogens is 3. The number of nitrogens with zero attached hydrogens (tertiary/aromatic N) is 3. The third kappa shape index (κ3) is 4.36. The molecule has 2 aromatic heterocycles. The molecule has 0 aliphatic rings. The SMILES string of the molecule is Cc1nn(C)c2ncc(NC(=O)NC(C)c3cccc(OC(C)C)c3)cc12. The number of benzene rings is 1. The van der Waals surface area contributed by atoms with Gasteiger partial charge < -0.3 is 15.4 Å². The molecule has 142 valence electrons. The van der Waals surface area contributed by atoms with Crippen molar-refractivity contribution < 1.29 is 9.53 Å². The number of hydrogen-bond acceptors (Lipinski definition) is 4. The van der Waals surface area contributed by atoms with Crippen molar-refractivity contribution in [3.05, 3.63) is 47.8 Å². The molecule has 2 amide bonds.